The molecule has 3 N–H and O–H groups in total. The highest BCUT2D eigenvalue weighted by Crippen LogP contribution is 2.33. The van der Waals surface area contributed by atoms with Gasteiger partial charge in [-0.15, -0.1) is 0 Å². The summed E-state index contributed by atoms with van der Waals surface area (Å²) in [6.07, 6.45) is 5.00. The maximum Gasteiger partial charge on any atom is 0.242 e. The number of nitrogens with two attached hydrogens (primary N) is 1. The molecule has 1 aromatic rings. The molecule has 2 atom stereocenters. The molecular formula is C17H30N4O. The molecule has 22 heavy (non-hydrogen) atoms. The fourth-order valence-electron chi connectivity index (χ4n) is 2.85. The number of nitrogens with zero attached hydrogens (tertiary/aromatic N) is 2. The summed E-state index contributed by atoms with van der Waals surface area (Å²) in [6.45, 7) is 11.1. The molecule has 1 aliphatic carbocycles. The second kappa shape index (κ2) is 6.71. The van der Waals surface area contributed by atoms with E-state index in [2.05, 4.69) is 43.0 Å². The van der Waals surface area contributed by atoms with Crippen molar-refractivity contribution in [2.45, 2.75) is 71.8 Å². The summed E-state index contributed by atoms with van der Waals surface area (Å²) < 4.78 is 5.61. The predicted octanol–water partition coefficient (Wildman–Crippen LogP) is 3.75. The van der Waals surface area contributed by atoms with Crippen LogP contribution in [0.1, 0.15) is 66.1 Å². The van der Waals surface area contributed by atoms with Gasteiger partial charge in [0.05, 0.1) is 6.61 Å². The van der Waals surface area contributed by atoms with Crippen molar-refractivity contribution in [1.82, 2.24) is 9.97 Å². The van der Waals surface area contributed by atoms with Gasteiger partial charge in [-0.1, -0.05) is 40.5 Å². The quantitative estimate of drug-likeness (QED) is 0.886. The Labute approximate surface area is 134 Å². The lowest BCUT2D eigenvalue weighted by Gasteiger charge is -2.31. The Balaban J connectivity index is 2.33. The van der Waals surface area contributed by atoms with Gasteiger partial charge in [-0.2, -0.15) is 4.98 Å². The van der Waals surface area contributed by atoms with Crippen molar-refractivity contribution in [2.24, 2.45) is 5.92 Å². The second-order valence-corrected chi connectivity index (χ2v) is 7.31. The van der Waals surface area contributed by atoms with Crippen molar-refractivity contribution in [3.8, 4) is 5.88 Å². The molecule has 0 aliphatic heterocycles. The van der Waals surface area contributed by atoms with E-state index in [4.69, 9.17) is 10.5 Å². The zero-order chi connectivity index (χ0) is 16.3. The first-order valence-electron chi connectivity index (χ1n) is 8.40. The molecule has 5 heteroatoms. The van der Waals surface area contributed by atoms with Gasteiger partial charge in [0.1, 0.15) is 11.5 Å². The van der Waals surface area contributed by atoms with Crippen LogP contribution in [0.25, 0.3) is 0 Å². The molecule has 1 aromatic heterocycles. The fourth-order valence-corrected chi connectivity index (χ4v) is 2.85. The average molecular weight is 306 g/mol. The van der Waals surface area contributed by atoms with Crippen LogP contribution in [0, 0.1) is 5.92 Å². The number of ether oxygens (including phenoxy) is 1. The normalized spacial score (nSPS) is 22.4. The number of rotatable bonds is 4. The number of anilines is 2. The highest BCUT2D eigenvalue weighted by Gasteiger charge is 2.26. The van der Waals surface area contributed by atoms with Crippen LogP contribution in [0.3, 0.4) is 0 Å². The first kappa shape index (κ1) is 16.8. The highest BCUT2D eigenvalue weighted by molar-refractivity contribution is 5.67. The van der Waals surface area contributed by atoms with Gasteiger partial charge in [-0.05, 0) is 25.7 Å². The van der Waals surface area contributed by atoms with Gasteiger partial charge >= 0.3 is 0 Å². The van der Waals surface area contributed by atoms with Gasteiger partial charge in [0.25, 0.3) is 0 Å². The SMILES string of the molecule is CCOc1nc(C(C)(C)C)nc(NC2CCCCC2C)c1N. The first-order chi connectivity index (χ1) is 10.3. The molecule has 5 nitrogen and oxygen atoms in total. The second-order valence-electron chi connectivity index (χ2n) is 7.31. The van der Waals surface area contributed by atoms with Crippen molar-refractivity contribution in [1.29, 1.82) is 0 Å². The van der Waals surface area contributed by atoms with Crippen LogP contribution in [0.5, 0.6) is 5.88 Å². The molecular weight excluding hydrogens is 276 g/mol. The van der Waals surface area contributed by atoms with Crippen LogP contribution in [-0.2, 0) is 5.41 Å². The van der Waals surface area contributed by atoms with Crippen LogP contribution in [0.2, 0.25) is 0 Å². The Hall–Kier alpha value is -1.52. The molecule has 0 bridgehead atoms. The molecule has 1 aliphatic rings. The Morgan fingerprint density at radius 1 is 1.23 bits per heavy atom. The molecule has 0 amide bonds. The molecule has 1 saturated carbocycles. The maximum atomic E-state index is 6.23. The third-order valence-corrected chi connectivity index (χ3v) is 4.30. The lowest BCUT2D eigenvalue weighted by molar-refractivity contribution is 0.323. The van der Waals surface area contributed by atoms with Crippen molar-refractivity contribution in [3.63, 3.8) is 0 Å². The Kier molecular flexibility index (Phi) is 5.14. The van der Waals surface area contributed by atoms with Gasteiger partial charge in [0.2, 0.25) is 5.88 Å². The summed E-state index contributed by atoms with van der Waals surface area (Å²) in [6, 6.07) is 0.424. The molecule has 0 spiro atoms. The molecule has 1 heterocycles. The van der Waals surface area contributed by atoms with E-state index in [1.807, 2.05) is 6.92 Å². The molecule has 2 rings (SSSR count). The van der Waals surface area contributed by atoms with Crippen molar-refractivity contribution < 1.29 is 4.74 Å². The van der Waals surface area contributed by atoms with Gasteiger partial charge in [0, 0.05) is 11.5 Å². The van der Waals surface area contributed by atoms with Crippen molar-refractivity contribution in [2.75, 3.05) is 17.7 Å². The summed E-state index contributed by atoms with van der Waals surface area (Å²) >= 11 is 0. The number of aromatic nitrogens is 2. The van der Waals surface area contributed by atoms with Gasteiger partial charge in [-0.25, -0.2) is 4.98 Å². The molecule has 1 fully saturated rings. The Bertz CT molecular complexity index is 510. The lowest BCUT2D eigenvalue weighted by atomic mass is 9.86. The number of hydrogen-bond donors (Lipinski definition) is 2. The predicted molar refractivity (Wildman–Crippen MR) is 91.4 cm³/mol. The summed E-state index contributed by atoms with van der Waals surface area (Å²) in [7, 11) is 0. The zero-order valence-corrected chi connectivity index (χ0v) is 14.6. The smallest absolute Gasteiger partial charge is 0.242 e. The van der Waals surface area contributed by atoms with E-state index in [0.29, 0.717) is 30.1 Å². The van der Waals surface area contributed by atoms with Crippen LogP contribution in [0.15, 0.2) is 0 Å². The third-order valence-electron chi connectivity index (χ3n) is 4.30. The minimum Gasteiger partial charge on any atom is -0.476 e. The van der Waals surface area contributed by atoms with E-state index in [1.165, 1.54) is 25.7 Å². The van der Waals surface area contributed by atoms with E-state index < -0.39 is 0 Å². The minimum atomic E-state index is -0.145. The van der Waals surface area contributed by atoms with Crippen molar-refractivity contribution >= 4 is 11.5 Å². The molecule has 2 unspecified atom stereocenters. The first-order valence-corrected chi connectivity index (χ1v) is 8.40. The van der Waals surface area contributed by atoms with Crippen LogP contribution < -0.4 is 15.8 Å². The maximum absolute atomic E-state index is 6.23. The summed E-state index contributed by atoms with van der Waals surface area (Å²) in [5.41, 5.74) is 6.61. The van der Waals surface area contributed by atoms with Crippen LogP contribution >= 0.6 is 0 Å². The van der Waals surface area contributed by atoms with Crippen molar-refractivity contribution in [3.05, 3.63) is 5.82 Å². The summed E-state index contributed by atoms with van der Waals surface area (Å²) in [5, 5.41) is 3.55. The standard InChI is InChI=1S/C17H30N4O/c1-6-22-15-13(18)14(20-16(21-15)17(3,4)5)19-12-10-8-7-9-11(12)2/h11-12H,6-10,18H2,1-5H3,(H,19,20,21). The summed E-state index contributed by atoms with van der Waals surface area (Å²) in [5.74, 6) is 2.61. The van der Waals surface area contributed by atoms with E-state index in [9.17, 15) is 0 Å². The molecule has 0 saturated heterocycles. The Morgan fingerprint density at radius 3 is 2.50 bits per heavy atom. The van der Waals surface area contributed by atoms with Gasteiger partial charge in [0.15, 0.2) is 5.82 Å². The highest BCUT2D eigenvalue weighted by atomic mass is 16.5. The van der Waals surface area contributed by atoms with Gasteiger partial charge < -0.3 is 15.8 Å². The van der Waals surface area contributed by atoms with E-state index >= 15 is 0 Å². The topological polar surface area (TPSA) is 73.1 Å². The van der Waals surface area contributed by atoms with Gasteiger partial charge in [-0.3, -0.25) is 0 Å². The zero-order valence-electron chi connectivity index (χ0n) is 14.6. The number of nitrogen functional groups attached to an aromatic ring is 1. The minimum absolute atomic E-state index is 0.145. The molecule has 0 aromatic carbocycles. The summed E-state index contributed by atoms with van der Waals surface area (Å²) in [4.78, 5) is 9.20. The van der Waals surface area contributed by atoms with Crippen LogP contribution in [0.4, 0.5) is 11.5 Å². The molecule has 124 valence electrons. The average Bonchev–Trinajstić information content (AvgIpc) is 2.44. The molecule has 0 radical (unpaired) electrons. The fraction of sp³-hybridized carbons (Fsp3) is 0.765. The van der Waals surface area contributed by atoms with E-state index in [1.54, 1.807) is 0 Å². The van der Waals surface area contributed by atoms with E-state index in [0.717, 1.165) is 11.6 Å². The third kappa shape index (κ3) is 3.81. The monoisotopic (exact) mass is 306 g/mol. The largest absolute Gasteiger partial charge is 0.476 e. The lowest BCUT2D eigenvalue weighted by Crippen LogP contribution is -2.31. The van der Waals surface area contributed by atoms with E-state index in [-0.39, 0.29) is 5.41 Å². The van der Waals surface area contributed by atoms with Crippen LogP contribution in [-0.4, -0.2) is 22.6 Å². The number of nitrogens with one attached hydrogen (secondary N) is 1. The number of hydrogen-bond acceptors (Lipinski definition) is 5. The Morgan fingerprint density at radius 2 is 1.91 bits per heavy atom.